The summed E-state index contributed by atoms with van der Waals surface area (Å²) in [6.07, 6.45) is 0.157. The number of amides is 3. The standard InChI is InChI=1S/C24H29N3O4/c1-17(16-31-3)27-15-19(13-22(27)28)23(29)25-21-12-8-7-11-20(21)24(30)26(2)14-18-9-5-4-6-10-18/h4-12,17,19H,13-16H2,1-3H3,(H,25,29)/t17-,19-/m0/s1. The Morgan fingerprint density at radius 3 is 2.55 bits per heavy atom. The number of methoxy groups -OCH3 is 1. The Hall–Kier alpha value is -3.19. The number of anilines is 1. The molecule has 3 rings (SSSR count). The molecule has 7 heteroatoms. The predicted molar refractivity (Wildman–Crippen MR) is 118 cm³/mol. The summed E-state index contributed by atoms with van der Waals surface area (Å²) >= 11 is 0. The van der Waals surface area contributed by atoms with E-state index in [4.69, 9.17) is 4.74 Å². The highest BCUT2D eigenvalue weighted by Crippen LogP contribution is 2.24. The molecule has 2 aromatic rings. The summed E-state index contributed by atoms with van der Waals surface area (Å²) in [5.41, 5.74) is 1.89. The van der Waals surface area contributed by atoms with Crippen LogP contribution in [-0.2, 0) is 20.9 Å². The first kappa shape index (κ1) is 22.5. The van der Waals surface area contributed by atoms with Crippen LogP contribution in [0.2, 0.25) is 0 Å². The lowest BCUT2D eigenvalue weighted by molar-refractivity contribution is -0.130. The van der Waals surface area contributed by atoms with E-state index in [9.17, 15) is 14.4 Å². The number of benzene rings is 2. The van der Waals surface area contributed by atoms with E-state index in [1.54, 1.807) is 48.2 Å². The number of rotatable bonds is 8. The molecule has 1 N–H and O–H groups in total. The Morgan fingerprint density at radius 2 is 1.84 bits per heavy atom. The van der Waals surface area contributed by atoms with Gasteiger partial charge in [0.15, 0.2) is 0 Å². The van der Waals surface area contributed by atoms with E-state index in [0.29, 0.717) is 30.9 Å². The second-order valence-electron chi connectivity index (χ2n) is 7.93. The minimum atomic E-state index is -0.461. The maximum absolute atomic E-state index is 13.0. The van der Waals surface area contributed by atoms with Crippen LogP contribution in [0.15, 0.2) is 54.6 Å². The van der Waals surface area contributed by atoms with Crippen LogP contribution in [0.25, 0.3) is 0 Å². The van der Waals surface area contributed by atoms with Crippen LogP contribution < -0.4 is 5.32 Å². The maximum Gasteiger partial charge on any atom is 0.256 e. The van der Waals surface area contributed by atoms with Gasteiger partial charge in [-0.15, -0.1) is 0 Å². The van der Waals surface area contributed by atoms with Crippen LogP contribution in [0.1, 0.15) is 29.3 Å². The number of likely N-dealkylation sites (tertiary alicyclic amines) is 1. The monoisotopic (exact) mass is 423 g/mol. The van der Waals surface area contributed by atoms with E-state index in [0.717, 1.165) is 5.56 Å². The Labute approximate surface area is 183 Å². The van der Waals surface area contributed by atoms with Gasteiger partial charge in [0.05, 0.1) is 29.8 Å². The summed E-state index contributed by atoms with van der Waals surface area (Å²) in [4.78, 5) is 41.5. The summed E-state index contributed by atoms with van der Waals surface area (Å²) in [5.74, 6) is -0.960. The van der Waals surface area contributed by atoms with E-state index >= 15 is 0 Å². The first-order valence-corrected chi connectivity index (χ1v) is 10.4. The van der Waals surface area contributed by atoms with Gasteiger partial charge >= 0.3 is 0 Å². The largest absolute Gasteiger partial charge is 0.383 e. The molecule has 1 heterocycles. The molecule has 7 nitrogen and oxygen atoms in total. The van der Waals surface area contributed by atoms with Crippen molar-refractivity contribution >= 4 is 23.4 Å². The molecule has 0 bridgehead atoms. The van der Waals surface area contributed by atoms with E-state index in [-0.39, 0.29) is 30.2 Å². The predicted octanol–water partition coefficient (Wildman–Crippen LogP) is 2.78. The molecule has 31 heavy (non-hydrogen) atoms. The molecule has 0 unspecified atom stereocenters. The van der Waals surface area contributed by atoms with Gasteiger partial charge in [-0.25, -0.2) is 0 Å². The molecular weight excluding hydrogens is 394 g/mol. The second-order valence-corrected chi connectivity index (χ2v) is 7.93. The maximum atomic E-state index is 13.0. The van der Waals surface area contributed by atoms with Gasteiger partial charge in [0.2, 0.25) is 11.8 Å². The van der Waals surface area contributed by atoms with Gasteiger partial charge < -0.3 is 19.9 Å². The van der Waals surface area contributed by atoms with Crippen molar-refractivity contribution in [3.63, 3.8) is 0 Å². The van der Waals surface area contributed by atoms with Gasteiger partial charge in [0.25, 0.3) is 5.91 Å². The number of para-hydroxylation sites is 1. The number of nitrogens with zero attached hydrogens (tertiary/aromatic N) is 2. The zero-order chi connectivity index (χ0) is 22.4. The van der Waals surface area contributed by atoms with Crippen molar-refractivity contribution in [2.24, 2.45) is 5.92 Å². The van der Waals surface area contributed by atoms with Crippen molar-refractivity contribution in [1.29, 1.82) is 0 Å². The van der Waals surface area contributed by atoms with E-state index in [2.05, 4.69) is 5.32 Å². The minimum absolute atomic E-state index is 0.0587. The molecule has 0 saturated carbocycles. The smallest absolute Gasteiger partial charge is 0.256 e. The van der Waals surface area contributed by atoms with Gasteiger partial charge in [-0.05, 0) is 24.6 Å². The van der Waals surface area contributed by atoms with Gasteiger partial charge in [0.1, 0.15) is 0 Å². The van der Waals surface area contributed by atoms with Crippen LogP contribution in [0.4, 0.5) is 5.69 Å². The van der Waals surface area contributed by atoms with Crippen molar-refractivity contribution in [2.45, 2.75) is 25.9 Å². The van der Waals surface area contributed by atoms with Gasteiger partial charge in [-0.3, -0.25) is 14.4 Å². The molecule has 1 saturated heterocycles. The van der Waals surface area contributed by atoms with Crippen LogP contribution in [0, 0.1) is 5.92 Å². The summed E-state index contributed by atoms with van der Waals surface area (Å²) in [5, 5.41) is 2.87. The third-order valence-electron chi connectivity index (χ3n) is 5.49. The highest BCUT2D eigenvalue weighted by Gasteiger charge is 2.36. The molecule has 1 aliphatic rings. The molecule has 164 valence electrons. The number of carbonyl (C=O) groups excluding carboxylic acids is 3. The van der Waals surface area contributed by atoms with Crippen molar-refractivity contribution in [2.75, 3.05) is 32.6 Å². The highest BCUT2D eigenvalue weighted by molar-refractivity contribution is 6.05. The Balaban J connectivity index is 1.68. The number of hydrogen-bond donors (Lipinski definition) is 1. The first-order valence-electron chi connectivity index (χ1n) is 10.4. The topological polar surface area (TPSA) is 79.0 Å². The third-order valence-corrected chi connectivity index (χ3v) is 5.49. The lowest BCUT2D eigenvalue weighted by atomic mass is 10.1. The van der Waals surface area contributed by atoms with Gasteiger partial charge in [-0.2, -0.15) is 0 Å². The van der Waals surface area contributed by atoms with Crippen LogP contribution >= 0.6 is 0 Å². The molecule has 2 aromatic carbocycles. The molecule has 3 amide bonds. The second kappa shape index (κ2) is 10.2. The lowest BCUT2D eigenvalue weighted by Gasteiger charge is -2.24. The number of ether oxygens (including phenoxy) is 1. The van der Waals surface area contributed by atoms with Crippen LogP contribution in [0.3, 0.4) is 0 Å². The summed E-state index contributed by atoms with van der Waals surface area (Å²) in [6, 6.07) is 16.6. The lowest BCUT2D eigenvalue weighted by Crippen LogP contribution is -2.38. The zero-order valence-electron chi connectivity index (χ0n) is 18.2. The molecule has 0 aromatic heterocycles. The summed E-state index contributed by atoms with van der Waals surface area (Å²) in [7, 11) is 3.32. The molecule has 0 spiro atoms. The highest BCUT2D eigenvalue weighted by atomic mass is 16.5. The quantitative estimate of drug-likeness (QED) is 0.708. The Morgan fingerprint density at radius 1 is 1.16 bits per heavy atom. The number of hydrogen-bond acceptors (Lipinski definition) is 4. The summed E-state index contributed by atoms with van der Waals surface area (Å²) < 4.78 is 5.13. The fraction of sp³-hybridized carbons (Fsp3) is 0.375. The van der Waals surface area contributed by atoms with Crippen molar-refractivity contribution < 1.29 is 19.1 Å². The molecule has 0 radical (unpaired) electrons. The van der Waals surface area contributed by atoms with Crippen molar-refractivity contribution in [3.05, 3.63) is 65.7 Å². The molecule has 0 aliphatic carbocycles. The minimum Gasteiger partial charge on any atom is -0.383 e. The summed E-state index contributed by atoms with van der Waals surface area (Å²) in [6.45, 7) is 3.13. The SMILES string of the molecule is COC[C@H](C)N1C[C@@H](C(=O)Nc2ccccc2C(=O)N(C)Cc2ccccc2)CC1=O. The average Bonchev–Trinajstić information content (AvgIpc) is 3.16. The van der Waals surface area contributed by atoms with E-state index in [1.807, 2.05) is 37.3 Å². The van der Waals surface area contributed by atoms with Crippen molar-refractivity contribution in [3.8, 4) is 0 Å². The third kappa shape index (κ3) is 5.49. The Kier molecular flexibility index (Phi) is 7.41. The fourth-order valence-corrected chi connectivity index (χ4v) is 3.81. The average molecular weight is 424 g/mol. The van der Waals surface area contributed by atoms with Gasteiger partial charge in [0, 0.05) is 33.7 Å². The van der Waals surface area contributed by atoms with Crippen molar-refractivity contribution in [1.82, 2.24) is 9.80 Å². The molecular formula is C24H29N3O4. The Bertz CT molecular complexity index is 931. The molecule has 1 aliphatic heterocycles. The fourth-order valence-electron chi connectivity index (χ4n) is 3.81. The number of nitrogens with one attached hydrogen (secondary N) is 1. The van der Waals surface area contributed by atoms with Gasteiger partial charge in [-0.1, -0.05) is 42.5 Å². The molecule has 2 atom stereocenters. The van der Waals surface area contributed by atoms with E-state index < -0.39 is 5.92 Å². The van der Waals surface area contributed by atoms with Crippen LogP contribution in [0.5, 0.6) is 0 Å². The normalized spacial score (nSPS) is 16.8. The van der Waals surface area contributed by atoms with E-state index in [1.165, 1.54) is 0 Å². The zero-order valence-corrected chi connectivity index (χ0v) is 18.2. The first-order chi connectivity index (χ1) is 14.9. The number of carbonyl (C=O) groups is 3. The molecule has 1 fully saturated rings. The van der Waals surface area contributed by atoms with Crippen LogP contribution in [-0.4, -0.2) is 60.9 Å².